The molecule has 1 unspecified atom stereocenters. The molecule has 0 aromatic heterocycles. The van der Waals surface area contributed by atoms with Gasteiger partial charge in [0.15, 0.2) is 0 Å². The predicted octanol–water partition coefficient (Wildman–Crippen LogP) is 5.74. The summed E-state index contributed by atoms with van der Waals surface area (Å²) in [6, 6.07) is 4.63. The average Bonchev–Trinajstić information content (AvgIpc) is 2.71. The van der Waals surface area contributed by atoms with Crippen molar-refractivity contribution in [1.29, 1.82) is 0 Å². The molecule has 0 saturated heterocycles. The van der Waals surface area contributed by atoms with Crippen LogP contribution in [0.5, 0.6) is 0 Å². The van der Waals surface area contributed by atoms with Crippen molar-refractivity contribution >= 4 is 11.8 Å². The standard InChI is InChI=1S/C22H23F4NO2/c1-3-5-6-14(4-2)13-27(21(28)17-11-15(23)7-9-19(17)25)22(29)18-12-16(24)8-10-20(18)26/h7-12,14H,3-6,13H2,1-2H3. The lowest BCUT2D eigenvalue weighted by Crippen LogP contribution is -2.41. The molecule has 0 N–H and O–H groups in total. The number of benzene rings is 2. The van der Waals surface area contributed by atoms with Gasteiger partial charge in [0.1, 0.15) is 23.3 Å². The van der Waals surface area contributed by atoms with E-state index in [1.54, 1.807) is 0 Å². The van der Waals surface area contributed by atoms with Gasteiger partial charge in [0.25, 0.3) is 11.8 Å². The first-order chi connectivity index (χ1) is 13.8. The molecule has 0 spiro atoms. The van der Waals surface area contributed by atoms with Crippen molar-refractivity contribution in [3.63, 3.8) is 0 Å². The number of carbonyl (C=O) groups excluding carboxylic acids is 2. The third-order valence-electron chi connectivity index (χ3n) is 4.79. The fourth-order valence-corrected chi connectivity index (χ4v) is 3.05. The zero-order valence-corrected chi connectivity index (χ0v) is 16.4. The monoisotopic (exact) mass is 409 g/mol. The van der Waals surface area contributed by atoms with Crippen molar-refractivity contribution in [1.82, 2.24) is 4.90 Å². The molecule has 0 bridgehead atoms. The summed E-state index contributed by atoms with van der Waals surface area (Å²) in [6.07, 6.45) is 3.06. The predicted molar refractivity (Wildman–Crippen MR) is 101 cm³/mol. The van der Waals surface area contributed by atoms with Crippen molar-refractivity contribution in [2.24, 2.45) is 5.92 Å². The molecule has 2 amide bonds. The van der Waals surface area contributed by atoms with E-state index >= 15 is 0 Å². The molecule has 29 heavy (non-hydrogen) atoms. The number of carbonyl (C=O) groups is 2. The lowest BCUT2D eigenvalue weighted by atomic mass is 9.97. The van der Waals surface area contributed by atoms with Gasteiger partial charge in [-0.25, -0.2) is 17.6 Å². The quantitative estimate of drug-likeness (QED) is 0.412. The summed E-state index contributed by atoms with van der Waals surface area (Å²) in [6.45, 7) is 3.75. The van der Waals surface area contributed by atoms with Gasteiger partial charge in [0.05, 0.1) is 11.1 Å². The molecule has 2 rings (SSSR count). The minimum absolute atomic E-state index is 0.111. The Morgan fingerprint density at radius 2 is 1.34 bits per heavy atom. The molecule has 0 aliphatic rings. The van der Waals surface area contributed by atoms with Gasteiger partial charge in [0.2, 0.25) is 0 Å². The number of hydrogen-bond donors (Lipinski definition) is 0. The van der Waals surface area contributed by atoms with Gasteiger partial charge >= 0.3 is 0 Å². The third-order valence-corrected chi connectivity index (χ3v) is 4.79. The van der Waals surface area contributed by atoms with Crippen LogP contribution in [0.4, 0.5) is 17.6 Å². The van der Waals surface area contributed by atoms with Crippen molar-refractivity contribution in [2.75, 3.05) is 6.54 Å². The highest BCUT2D eigenvalue weighted by molar-refractivity contribution is 6.10. The molecule has 7 heteroatoms. The molecule has 0 fully saturated rings. The number of unbranched alkanes of at least 4 members (excludes halogenated alkanes) is 1. The number of imide groups is 1. The maximum absolute atomic E-state index is 14.2. The third kappa shape index (κ3) is 5.65. The zero-order chi connectivity index (χ0) is 21.6. The highest BCUT2D eigenvalue weighted by Gasteiger charge is 2.30. The minimum atomic E-state index is -1.09. The first-order valence-corrected chi connectivity index (χ1v) is 9.54. The van der Waals surface area contributed by atoms with Crippen LogP contribution in [0, 0.1) is 29.2 Å². The summed E-state index contributed by atoms with van der Waals surface area (Å²) in [5, 5.41) is 0. The average molecular weight is 409 g/mol. The maximum atomic E-state index is 14.2. The van der Waals surface area contributed by atoms with Crippen LogP contribution in [0.2, 0.25) is 0 Å². The van der Waals surface area contributed by atoms with E-state index in [1.807, 2.05) is 13.8 Å². The smallest absolute Gasteiger partial charge is 0.263 e. The summed E-state index contributed by atoms with van der Waals surface area (Å²) in [5.41, 5.74) is -1.28. The molecule has 1 atom stereocenters. The second kappa shape index (κ2) is 10.2. The molecule has 0 saturated carbocycles. The Balaban J connectivity index is 2.46. The number of halogens is 4. The molecule has 2 aromatic rings. The molecule has 2 aromatic carbocycles. The van der Waals surface area contributed by atoms with Gasteiger partial charge in [-0.1, -0.05) is 33.1 Å². The van der Waals surface area contributed by atoms with Crippen LogP contribution in [0.3, 0.4) is 0 Å². The summed E-state index contributed by atoms with van der Waals surface area (Å²) in [5.74, 6) is -6.01. The van der Waals surface area contributed by atoms with Gasteiger partial charge in [-0.2, -0.15) is 0 Å². The maximum Gasteiger partial charge on any atom is 0.263 e. The van der Waals surface area contributed by atoms with Crippen LogP contribution >= 0.6 is 0 Å². The van der Waals surface area contributed by atoms with Crippen LogP contribution in [-0.4, -0.2) is 23.3 Å². The van der Waals surface area contributed by atoms with Gasteiger partial charge in [-0.3, -0.25) is 14.5 Å². The summed E-state index contributed by atoms with van der Waals surface area (Å²) >= 11 is 0. The summed E-state index contributed by atoms with van der Waals surface area (Å²) < 4.78 is 55.5. The van der Waals surface area contributed by atoms with E-state index in [9.17, 15) is 27.2 Å². The molecule has 0 aliphatic heterocycles. The number of nitrogens with zero attached hydrogens (tertiary/aromatic N) is 1. The van der Waals surface area contributed by atoms with E-state index in [-0.39, 0.29) is 12.5 Å². The van der Waals surface area contributed by atoms with Crippen LogP contribution in [-0.2, 0) is 0 Å². The van der Waals surface area contributed by atoms with Crippen LogP contribution in [0.1, 0.15) is 60.2 Å². The Morgan fingerprint density at radius 1 is 0.862 bits per heavy atom. The highest BCUT2D eigenvalue weighted by Crippen LogP contribution is 2.21. The van der Waals surface area contributed by atoms with Gasteiger partial charge in [-0.05, 0) is 48.7 Å². The normalized spacial score (nSPS) is 11.9. The Labute approximate surface area is 167 Å². The molecule has 0 radical (unpaired) electrons. The zero-order valence-electron chi connectivity index (χ0n) is 16.4. The lowest BCUT2D eigenvalue weighted by Gasteiger charge is -2.26. The molecule has 156 valence electrons. The van der Waals surface area contributed by atoms with Crippen molar-refractivity contribution < 1.29 is 27.2 Å². The van der Waals surface area contributed by atoms with Crippen LogP contribution in [0.25, 0.3) is 0 Å². The molecule has 0 heterocycles. The largest absolute Gasteiger partial charge is 0.274 e. The number of rotatable bonds is 8. The topological polar surface area (TPSA) is 37.4 Å². The van der Waals surface area contributed by atoms with Crippen LogP contribution in [0.15, 0.2) is 36.4 Å². The van der Waals surface area contributed by atoms with E-state index in [0.717, 1.165) is 37.1 Å². The summed E-state index contributed by atoms with van der Waals surface area (Å²) in [7, 11) is 0. The summed E-state index contributed by atoms with van der Waals surface area (Å²) in [4.78, 5) is 26.6. The van der Waals surface area contributed by atoms with E-state index in [1.165, 1.54) is 0 Å². The Hall–Kier alpha value is -2.70. The van der Waals surface area contributed by atoms with Gasteiger partial charge < -0.3 is 0 Å². The van der Waals surface area contributed by atoms with E-state index in [4.69, 9.17) is 0 Å². The first kappa shape index (κ1) is 22.6. The second-order valence-electron chi connectivity index (χ2n) is 6.89. The van der Waals surface area contributed by atoms with Crippen molar-refractivity contribution in [3.8, 4) is 0 Å². The Bertz CT molecular complexity index is 822. The Morgan fingerprint density at radius 3 is 1.76 bits per heavy atom. The van der Waals surface area contributed by atoms with E-state index < -0.39 is 46.2 Å². The van der Waals surface area contributed by atoms with Gasteiger partial charge in [0, 0.05) is 6.54 Å². The van der Waals surface area contributed by atoms with Crippen LogP contribution < -0.4 is 0 Å². The molecular formula is C22H23F4NO2. The minimum Gasteiger partial charge on any atom is -0.274 e. The Kier molecular flexibility index (Phi) is 7.93. The fraction of sp³-hybridized carbons (Fsp3) is 0.364. The van der Waals surface area contributed by atoms with Crippen molar-refractivity contribution in [3.05, 3.63) is 70.8 Å². The number of amides is 2. The molecule has 3 nitrogen and oxygen atoms in total. The first-order valence-electron chi connectivity index (χ1n) is 9.54. The molecule has 0 aliphatic carbocycles. The lowest BCUT2D eigenvalue weighted by molar-refractivity contribution is 0.0579. The molecular weight excluding hydrogens is 386 g/mol. The SMILES string of the molecule is CCCCC(CC)CN(C(=O)c1cc(F)ccc1F)C(=O)c1cc(F)ccc1F. The van der Waals surface area contributed by atoms with E-state index in [2.05, 4.69) is 0 Å². The second-order valence-corrected chi connectivity index (χ2v) is 6.89. The fourth-order valence-electron chi connectivity index (χ4n) is 3.05. The highest BCUT2D eigenvalue weighted by atomic mass is 19.1. The van der Waals surface area contributed by atoms with Gasteiger partial charge in [-0.15, -0.1) is 0 Å². The van der Waals surface area contributed by atoms with E-state index in [0.29, 0.717) is 29.9 Å². The van der Waals surface area contributed by atoms with Crippen molar-refractivity contribution in [2.45, 2.75) is 39.5 Å². The number of hydrogen-bond acceptors (Lipinski definition) is 2.